The number of carbonyl (C=O) groups is 2. The second kappa shape index (κ2) is 7.22. The summed E-state index contributed by atoms with van der Waals surface area (Å²) in [4.78, 5) is 25.5. The van der Waals surface area contributed by atoms with Crippen molar-refractivity contribution in [3.8, 4) is 0 Å². The lowest BCUT2D eigenvalue weighted by Gasteiger charge is -2.13. The van der Waals surface area contributed by atoms with Crippen LogP contribution < -0.4 is 5.32 Å². The molecule has 1 unspecified atom stereocenters. The quantitative estimate of drug-likeness (QED) is 0.860. The molecule has 0 saturated heterocycles. The molecule has 1 atom stereocenters. The van der Waals surface area contributed by atoms with Crippen LogP contribution in [0.2, 0.25) is 0 Å². The van der Waals surface area contributed by atoms with Crippen LogP contribution in [0.25, 0.3) is 0 Å². The van der Waals surface area contributed by atoms with Gasteiger partial charge in [0.2, 0.25) is 5.91 Å². The Morgan fingerprint density at radius 3 is 2.68 bits per heavy atom. The van der Waals surface area contributed by atoms with Gasteiger partial charge in [-0.1, -0.05) is 12.1 Å². The average molecular weight is 317 g/mol. The van der Waals surface area contributed by atoms with Crippen LogP contribution >= 0.6 is 11.3 Å². The fourth-order valence-electron chi connectivity index (χ4n) is 2.27. The van der Waals surface area contributed by atoms with Crippen molar-refractivity contribution in [2.75, 3.05) is 0 Å². The van der Waals surface area contributed by atoms with Gasteiger partial charge in [-0.05, 0) is 43.7 Å². The largest absolute Gasteiger partial charge is 0.478 e. The number of aryl methyl sites for hydroxylation is 1. The van der Waals surface area contributed by atoms with E-state index in [-0.39, 0.29) is 23.9 Å². The lowest BCUT2D eigenvalue weighted by Crippen LogP contribution is -2.35. The maximum atomic E-state index is 12.0. The van der Waals surface area contributed by atoms with Gasteiger partial charge in [0.25, 0.3) is 0 Å². The summed E-state index contributed by atoms with van der Waals surface area (Å²) in [6.45, 7) is 4.04. The maximum Gasteiger partial charge on any atom is 0.335 e. The van der Waals surface area contributed by atoms with Crippen LogP contribution in [-0.4, -0.2) is 23.0 Å². The molecular formula is C17H19NO3S. The van der Waals surface area contributed by atoms with Gasteiger partial charge in [0, 0.05) is 22.2 Å². The molecule has 1 aromatic heterocycles. The Balaban J connectivity index is 1.89. The zero-order valence-electron chi connectivity index (χ0n) is 12.6. The lowest BCUT2D eigenvalue weighted by molar-refractivity contribution is -0.121. The summed E-state index contributed by atoms with van der Waals surface area (Å²) in [5, 5.41) is 11.9. The molecule has 1 heterocycles. The predicted octanol–water partition coefficient (Wildman–Crippen LogP) is 3.04. The number of rotatable bonds is 6. The second-order valence-corrected chi connectivity index (χ2v) is 6.74. The fraction of sp³-hybridized carbons (Fsp3) is 0.294. The monoisotopic (exact) mass is 317 g/mol. The van der Waals surface area contributed by atoms with Crippen LogP contribution in [-0.2, 0) is 17.6 Å². The minimum atomic E-state index is -0.983. The number of hydrogen-bond acceptors (Lipinski definition) is 3. The Bertz CT molecular complexity index is 678. The van der Waals surface area contributed by atoms with Crippen molar-refractivity contribution in [3.05, 3.63) is 57.3 Å². The van der Waals surface area contributed by atoms with Crippen LogP contribution in [0.5, 0.6) is 0 Å². The third kappa shape index (κ3) is 4.70. The van der Waals surface area contributed by atoms with E-state index in [1.54, 1.807) is 23.5 Å². The highest BCUT2D eigenvalue weighted by Gasteiger charge is 2.11. The van der Waals surface area contributed by atoms with Crippen molar-refractivity contribution in [2.24, 2.45) is 0 Å². The minimum absolute atomic E-state index is 0.0493. The number of carboxylic acids is 1. The Hall–Kier alpha value is -2.14. The predicted molar refractivity (Wildman–Crippen MR) is 87.5 cm³/mol. The molecule has 116 valence electrons. The van der Waals surface area contributed by atoms with Gasteiger partial charge in [-0.2, -0.15) is 0 Å². The first-order valence-corrected chi connectivity index (χ1v) is 7.92. The maximum absolute atomic E-state index is 12.0. The molecule has 22 heavy (non-hydrogen) atoms. The SMILES string of the molecule is Cc1ccc(CC(C)NC(=O)Cc2cccc(C(=O)O)c2)s1. The van der Waals surface area contributed by atoms with E-state index in [1.807, 2.05) is 6.92 Å². The molecule has 2 rings (SSSR count). The topological polar surface area (TPSA) is 66.4 Å². The van der Waals surface area contributed by atoms with Crippen molar-refractivity contribution in [1.29, 1.82) is 0 Å². The third-order valence-corrected chi connectivity index (χ3v) is 4.27. The summed E-state index contributed by atoms with van der Waals surface area (Å²) in [6.07, 6.45) is 0.994. The van der Waals surface area contributed by atoms with Crippen LogP contribution in [0.3, 0.4) is 0 Å². The van der Waals surface area contributed by atoms with Gasteiger partial charge in [-0.25, -0.2) is 4.79 Å². The Morgan fingerprint density at radius 2 is 2.05 bits per heavy atom. The Kier molecular flexibility index (Phi) is 5.33. The summed E-state index contributed by atoms with van der Waals surface area (Å²) >= 11 is 1.74. The van der Waals surface area contributed by atoms with Crippen LogP contribution in [0.15, 0.2) is 36.4 Å². The highest BCUT2D eigenvalue weighted by molar-refractivity contribution is 7.11. The zero-order valence-corrected chi connectivity index (χ0v) is 13.4. The Labute approximate surface area is 133 Å². The summed E-state index contributed by atoms with van der Waals surface area (Å²) in [6, 6.07) is 10.7. The van der Waals surface area contributed by atoms with Gasteiger partial charge in [0.05, 0.1) is 12.0 Å². The van der Waals surface area contributed by atoms with Crippen LogP contribution in [0.4, 0.5) is 0 Å². The van der Waals surface area contributed by atoms with E-state index in [0.717, 1.165) is 6.42 Å². The van der Waals surface area contributed by atoms with Crippen molar-refractivity contribution in [3.63, 3.8) is 0 Å². The van der Waals surface area contributed by atoms with Gasteiger partial charge in [0.15, 0.2) is 0 Å². The van der Waals surface area contributed by atoms with E-state index in [0.29, 0.717) is 5.56 Å². The number of amides is 1. The van der Waals surface area contributed by atoms with E-state index >= 15 is 0 Å². The summed E-state index contributed by atoms with van der Waals surface area (Å²) in [7, 11) is 0. The molecular weight excluding hydrogens is 298 g/mol. The van der Waals surface area contributed by atoms with Crippen molar-refractivity contribution in [1.82, 2.24) is 5.32 Å². The average Bonchev–Trinajstić information content (AvgIpc) is 2.83. The molecule has 2 aromatic rings. The normalized spacial score (nSPS) is 11.9. The summed E-state index contributed by atoms with van der Waals surface area (Å²) in [5.74, 6) is -1.08. The van der Waals surface area contributed by atoms with Crippen molar-refractivity contribution in [2.45, 2.75) is 32.7 Å². The number of thiophene rings is 1. The zero-order chi connectivity index (χ0) is 16.1. The van der Waals surface area contributed by atoms with Gasteiger partial charge < -0.3 is 10.4 Å². The second-order valence-electron chi connectivity index (χ2n) is 5.37. The molecule has 0 aliphatic carbocycles. The molecule has 5 heteroatoms. The van der Waals surface area contributed by atoms with E-state index in [9.17, 15) is 9.59 Å². The highest BCUT2D eigenvalue weighted by Crippen LogP contribution is 2.16. The summed E-state index contributed by atoms with van der Waals surface area (Å²) < 4.78 is 0. The van der Waals surface area contributed by atoms with E-state index < -0.39 is 5.97 Å². The molecule has 1 aromatic carbocycles. The molecule has 2 N–H and O–H groups in total. The standard InChI is InChI=1S/C17H19NO3S/c1-11(8-15-7-6-12(2)22-15)18-16(19)10-13-4-3-5-14(9-13)17(20)21/h3-7,9,11H,8,10H2,1-2H3,(H,18,19)(H,20,21). The van der Waals surface area contributed by atoms with Gasteiger partial charge in [0.1, 0.15) is 0 Å². The molecule has 0 saturated carbocycles. The fourth-order valence-corrected chi connectivity index (χ4v) is 3.29. The number of carboxylic acid groups (broad SMARTS) is 1. The molecule has 0 fully saturated rings. The van der Waals surface area contributed by atoms with Crippen LogP contribution in [0.1, 0.15) is 32.6 Å². The Morgan fingerprint density at radius 1 is 1.27 bits per heavy atom. The third-order valence-electron chi connectivity index (χ3n) is 3.25. The van der Waals surface area contributed by atoms with Gasteiger partial charge in [-0.3, -0.25) is 4.79 Å². The molecule has 0 bridgehead atoms. The number of hydrogen-bond donors (Lipinski definition) is 2. The first-order chi connectivity index (χ1) is 10.4. The molecule has 4 nitrogen and oxygen atoms in total. The van der Waals surface area contributed by atoms with E-state index in [2.05, 4.69) is 24.4 Å². The first kappa shape index (κ1) is 16.2. The number of benzene rings is 1. The smallest absolute Gasteiger partial charge is 0.335 e. The molecule has 0 aliphatic heterocycles. The minimum Gasteiger partial charge on any atom is -0.478 e. The molecule has 0 spiro atoms. The highest BCUT2D eigenvalue weighted by atomic mass is 32.1. The number of nitrogens with one attached hydrogen (secondary N) is 1. The summed E-state index contributed by atoms with van der Waals surface area (Å²) in [5.41, 5.74) is 0.906. The molecule has 0 radical (unpaired) electrons. The van der Waals surface area contributed by atoms with Crippen molar-refractivity contribution >= 4 is 23.2 Å². The molecule has 0 aliphatic rings. The first-order valence-electron chi connectivity index (χ1n) is 7.11. The van der Waals surface area contributed by atoms with E-state index in [1.165, 1.54) is 21.9 Å². The van der Waals surface area contributed by atoms with Gasteiger partial charge in [-0.15, -0.1) is 11.3 Å². The van der Waals surface area contributed by atoms with Crippen LogP contribution in [0, 0.1) is 6.92 Å². The molecule has 1 amide bonds. The van der Waals surface area contributed by atoms with Gasteiger partial charge >= 0.3 is 5.97 Å². The van der Waals surface area contributed by atoms with E-state index in [4.69, 9.17) is 5.11 Å². The lowest BCUT2D eigenvalue weighted by atomic mass is 10.1. The number of aromatic carboxylic acids is 1. The van der Waals surface area contributed by atoms with Crippen molar-refractivity contribution < 1.29 is 14.7 Å². The number of carbonyl (C=O) groups excluding carboxylic acids is 1.